The molecule has 0 spiro atoms. The molecule has 5 nitrogen and oxygen atoms in total. The minimum atomic E-state index is -0.403. The van der Waals surface area contributed by atoms with E-state index in [0.717, 1.165) is 11.1 Å². The van der Waals surface area contributed by atoms with Crippen LogP contribution in [0.1, 0.15) is 23.5 Å². The van der Waals surface area contributed by atoms with Gasteiger partial charge in [0.1, 0.15) is 5.82 Å². The Labute approximate surface area is 167 Å². The number of carbonyl (C=O) groups excluding carboxylic acids is 1. The SMILES string of the molecule is O=C(CC(c1ccccc1)c1ccccc1)Nc1nnc(-c2cccc(F)c2)o1. The summed E-state index contributed by atoms with van der Waals surface area (Å²) in [7, 11) is 0. The Bertz CT molecular complexity index is 1060. The van der Waals surface area contributed by atoms with Crippen LogP contribution in [-0.2, 0) is 4.79 Å². The molecule has 0 saturated carbocycles. The molecule has 6 heteroatoms. The van der Waals surface area contributed by atoms with E-state index in [4.69, 9.17) is 4.42 Å². The maximum absolute atomic E-state index is 13.4. The van der Waals surface area contributed by atoms with E-state index in [2.05, 4.69) is 15.5 Å². The van der Waals surface area contributed by atoms with Crippen LogP contribution in [0.4, 0.5) is 10.4 Å². The smallest absolute Gasteiger partial charge is 0.322 e. The lowest BCUT2D eigenvalue weighted by atomic mass is 9.88. The van der Waals surface area contributed by atoms with Crippen LogP contribution in [0, 0.1) is 5.82 Å². The van der Waals surface area contributed by atoms with Crippen molar-refractivity contribution in [3.8, 4) is 11.5 Å². The molecule has 0 fully saturated rings. The van der Waals surface area contributed by atoms with E-state index >= 15 is 0 Å². The highest BCUT2D eigenvalue weighted by molar-refractivity contribution is 5.89. The van der Waals surface area contributed by atoms with Gasteiger partial charge in [0, 0.05) is 17.9 Å². The summed E-state index contributed by atoms with van der Waals surface area (Å²) in [5, 5.41) is 10.4. The van der Waals surface area contributed by atoms with Gasteiger partial charge in [0.2, 0.25) is 11.8 Å². The number of anilines is 1. The lowest BCUT2D eigenvalue weighted by molar-refractivity contribution is -0.116. The Morgan fingerprint density at radius 1 is 0.897 bits per heavy atom. The van der Waals surface area contributed by atoms with Crippen LogP contribution in [-0.4, -0.2) is 16.1 Å². The largest absolute Gasteiger partial charge is 0.403 e. The molecule has 0 saturated heterocycles. The van der Waals surface area contributed by atoms with E-state index in [1.54, 1.807) is 12.1 Å². The molecule has 0 aliphatic heterocycles. The zero-order valence-electron chi connectivity index (χ0n) is 15.5. The first kappa shape index (κ1) is 18.6. The second-order valence-corrected chi connectivity index (χ2v) is 6.55. The number of nitrogens with zero attached hydrogens (tertiary/aromatic N) is 2. The molecule has 144 valence electrons. The van der Waals surface area contributed by atoms with Crippen LogP contribution in [0.5, 0.6) is 0 Å². The fraction of sp³-hybridized carbons (Fsp3) is 0.0870. The summed E-state index contributed by atoms with van der Waals surface area (Å²) < 4.78 is 18.8. The summed E-state index contributed by atoms with van der Waals surface area (Å²) in [4.78, 5) is 12.7. The van der Waals surface area contributed by atoms with Crippen molar-refractivity contribution in [3.05, 3.63) is 102 Å². The first-order valence-corrected chi connectivity index (χ1v) is 9.18. The van der Waals surface area contributed by atoms with Gasteiger partial charge in [0.05, 0.1) is 0 Å². The summed E-state index contributed by atoms with van der Waals surface area (Å²) in [6, 6.07) is 25.5. The van der Waals surface area contributed by atoms with E-state index in [-0.39, 0.29) is 30.2 Å². The van der Waals surface area contributed by atoms with Crippen LogP contribution in [0.2, 0.25) is 0 Å². The number of hydrogen-bond acceptors (Lipinski definition) is 4. The molecule has 4 rings (SSSR count). The number of rotatable bonds is 6. The molecule has 0 radical (unpaired) electrons. The maximum Gasteiger partial charge on any atom is 0.322 e. The van der Waals surface area contributed by atoms with Crippen molar-refractivity contribution >= 4 is 11.9 Å². The van der Waals surface area contributed by atoms with E-state index in [0.29, 0.717) is 5.56 Å². The first-order chi connectivity index (χ1) is 14.2. The van der Waals surface area contributed by atoms with Gasteiger partial charge in [-0.2, -0.15) is 0 Å². The number of aromatic nitrogens is 2. The second kappa shape index (κ2) is 8.48. The number of amides is 1. The topological polar surface area (TPSA) is 68.0 Å². The van der Waals surface area contributed by atoms with Crippen LogP contribution >= 0.6 is 0 Å². The summed E-state index contributed by atoms with van der Waals surface area (Å²) in [5.74, 6) is -0.623. The molecule has 1 amide bonds. The van der Waals surface area contributed by atoms with Crippen molar-refractivity contribution in [2.45, 2.75) is 12.3 Å². The van der Waals surface area contributed by atoms with Crippen molar-refractivity contribution in [1.29, 1.82) is 0 Å². The molecule has 0 aliphatic carbocycles. The summed E-state index contributed by atoms with van der Waals surface area (Å²) in [6.45, 7) is 0. The standard InChI is InChI=1S/C23H18FN3O2/c24-19-13-7-12-18(14-19)22-26-27-23(29-22)25-21(28)15-20(16-8-3-1-4-9-16)17-10-5-2-6-11-17/h1-14,20H,15H2,(H,25,27,28). The fourth-order valence-electron chi connectivity index (χ4n) is 3.17. The minimum absolute atomic E-state index is 0.0193. The first-order valence-electron chi connectivity index (χ1n) is 9.18. The molecular formula is C23H18FN3O2. The van der Waals surface area contributed by atoms with E-state index < -0.39 is 5.82 Å². The summed E-state index contributed by atoms with van der Waals surface area (Å²) in [5.41, 5.74) is 2.53. The Hall–Kier alpha value is -3.80. The van der Waals surface area contributed by atoms with E-state index in [9.17, 15) is 9.18 Å². The van der Waals surface area contributed by atoms with Crippen molar-refractivity contribution in [2.24, 2.45) is 0 Å². The monoisotopic (exact) mass is 387 g/mol. The van der Waals surface area contributed by atoms with Crippen molar-refractivity contribution in [2.75, 3.05) is 5.32 Å². The normalized spacial score (nSPS) is 10.8. The summed E-state index contributed by atoms with van der Waals surface area (Å²) in [6.07, 6.45) is 0.214. The highest BCUT2D eigenvalue weighted by atomic mass is 19.1. The average molecular weight is 387 g/mol. The van der Waals surface area contributed by atoms with Gasteiger partial charge in [-0.1, -0.05) is 71.8 Å². The van der Waals surface area contributed by atoms with Gasteiger partial charge in [-0.15, -0.1) is 5.10 Å². The van der Waals surface area contributed by atoms with Gasteiger partial charge in [0.15, 0.2) is 0 Å². The highest BCUT2D eigenvalue weighted by Gasteiger charge is 2.20. The fourth-order valence-corrected chi connectivity index (χ4v) is 3.17. The van der Waals surface area contributed by atoms with Gasteiger partial charge in [-0.05, 0) is 29.3 Å². The Morgan fingerprint density at radius 3 is 2.17 bits per heavy atom. The van der Waals surface area contributed by atoms with Gasteiger partial charge >= 0.3 is 6.01 Å². The number of nitrogens with one attached hydrogen (secondary N) is 1. The number of hydrogen-bond donors (Lipinski definition) is 1. The molecule has 4 aromatic rings. The van der Waals surface area contributed by atoms with Gasteiger partial charge < -0.3 is 4.42 Å². The third-order valence-corrected chi connectivity index (χ3v) is 4.54. The van der Waals surface area contributed by atoms with Crippen molar-refractivity contribution < 1.29 is 13.6 Å². The third-order valence-electron chi connectivity index (χ3n) is 4.54. The lowest BCUT2D eigenvalue weighted by Gasteiger charge is -2.17. The predicted octanol–water partition coefficient (Wildman–Crippen LogP) is 5.04. The van der Waals surface area contributed by atoms with E-state index in [1.165, 1.54) is 12.1 Å². The molecular weight excluding hydrogens is 369 g/mol. The quantitative estimate of drug-likeness (QED) is 0.503. The predicted molar refractivity (Wildman–Crippen MR) is 108 cm³/mol. The van der Waals surface area contributed by atoms with Crippen LogP contribution in [0.15, 0.2) is 89.3 Å². The molecule has 1 heterocycles. The second-order valence-electron chi connectivity index (χ2n) is 6.55. The highest BCUT2D eigenvalue weighted by Crippen LogP contribution is 2.28. The maximum atomic E-state index is 13.4. The van der Waals surface area contributed by atoms with Crippen molar-refractivity contribution in [1.82, 2.24) is 10.2 Å². The molecule has 1 N–H and O–H groups in total. The Balaban J connectivity index is 1.50. The number of carbonyl (C=O) groups is 1. The zero-order chi connectivity index (χ0) is 20.1. The Kier molecular flexibility index (Phi) is 5.42. The zero-order valence-corrected chi connectivity index (χ0v) is 15.5. The average Bonchev–Trinajstić information content (AvgIpc) is 3.22. The van der Waals surface area contributed by atoms with Crippen LogP contribution in [0.3, 0.4) is 0 Å². The number of benzene rings is 3. The summed E-state index contributed by atoms with van der Waals surface area (Å²) >= 11 is 0. The minimum Gasteiger partial charge on any atom is -0.403 e. The van der Waals surface area contributed by atoms with Crippen molar-refractivity contribution in [3.63, 3.8) is 0 Å². The molecule has 3 aromatic carbocycles. The third kappa shape index (κ3) is 4.55. The van der Waals surface area contributed by atoms with Crippen LogP contribution < -0.4 is 5.32 Å². The van der Waals surface area contributed by atoms with Gasteiger partial charge in [-0.3, -0.25) is 10.1 Å². The molecule has 0 unspecified atom stereocenters. The molecule has 1 aromatic heterocycles. The van der Waals surface area contributed by atoms with E-state index in [1.807, 2.05) is 60.7 Å². The molecule has 29 heavy (non-hydrogen) atoms. The number of halogens is 1. The molecule has 0 atom stereocenters. The van der Waals surface area contributed by atoms with Crippen LogP contribution in [0.25, 0.3) is 11.5 Å². The molecule has 0 aliphatic rings. The van der Waals surface area contributed by atoms with Gasteiger partial charge in [0.25, 0.3) is 0 Å². The van der Waals surface area contributed by atoms with Gasteiger partial charge in [-0.25, -0.2) is 4.39 Å². The molecule has 0 bridgehead atoms. The Morgan fingerprint density at radius 2 is 1.55 bits per heavy atom. The lowest BCUT2D eigenvalue weighted by Crippen LogP contribution is -2.16.